The standard InChI is InChI=1S/C12H19F3O/c13-12(14,15)10-2-1-6-11(16,8-10)7-5-9-3-4-9/h9-10,16H,1-8H2. The highest BCUT2D eigenvalue weighted by molar-refractivity contribution is 4.90. The third-order valence-corrected chi connectivity index (χ3v) is 4.00. The van der Waals surface area contributed by atoms with E-state index in [0.29, 0.717) is 25.2 Å². The van der Waals surface area contributed by atoms with Gasteiger partial charge < -0.3 is 5.11 Å². The van der Waals surface area contributed by atoms with Crippen LogP contribution in [0.15, 0.2) is 0 Å². The van der Waals surface area contributed by atoms with Crippen molar-refractivity contribution in [1.29, 1.82) is 0 Å². The Morgan fingerprint density at radius 3 is 2.44 bits per heavy atom. The van der Waals surface area contributed by atoms with Crippen molar-refractivity contribution in [2.45, 2.75) is 63.1 Å². The van der Waals surface area contributed by atoms with E-state index in [2.05, 4.69) is 0 Å². The first-order valence-corrected chi connectivity index (χ1v) is 6.18. The van der Waals surface area contributed by atoms with Gasteiger partial charge in [0.15, 0.2) is 0 Å². The molecule has 0 heterocycles. The van der Waals surface area contributed by atoms with Gasteiger partial charge in [-0.15, -0.1) is 0 Å². The Labute approximate surface area is 94.0 Å². The summed E-state index contributed by atoms with van der Waals surface area (Å²) in [7, 11) is 0. The number of aliphatic hydroxyl groups is 1. The SMILES string of the molecule is OC1(CCC2CC2)CCCC(C(F)(F)F)C1. The van der Waals surface area contributed by atoms with Crippen LogP contribution in [-0.4, -0.2) is 16.9 Å². The minimum atomic E-state index is -4.13. The Bertz CT molecular complexity index is 247. The third-order valence-electron chi connectivity index (χ3n) is 4.00. The fourth-order valence-electron chi connectivity index (χ4n) is 2.73. The van der Waals surface area contributed by atoms with E-state index in [1.165, 1.54) is 12.8 Å². The summed E-state index contributed by atoms with van der Waals surface area (Å²) in [5, 5.41) is 10.2. The maximum absolute atomic E-state index is 12.6. The van der Waals surface area contributed by atoms with Crippen LogP contribution in [0.3, 0.4) is 0 Å². The van der Waals surface area contributed by atoms with Gasteiger partial charge >= 0.3 is 6.18 Å². The second-order valence-electron chi connectivity index (χ2n) is 5.54. The molecule has 1 N–H and O–H groups in total. The van der Waals surface area contributed by atoms with Crippen molar-refractivity contribution >= 4 is 0 Å². The molecule has 0 amide bonds. The first-order valence-electron chi connectivity index (χ1n) is 6.18. The Balaban J connectivity index is 1.88. The molecule has 0 aromatic heterocycles. The highest BCUT2D eigenvalue weighted by Crippen LogP contribution is 2.45. The van der Waals surface area contributed by atoms with Crippen LogP contribution in [0.5, 0.6) is 0 Å². The fourth-order valence-corrected chi connectivity index (χ4v) is 2.73. The molecular weight excluding hydrogens is 217 g/mol. The van der Waals surface area contributed by atoms with Gasteiger partial charge in [0, 0.05) is 0 Å². The minimum Gasteiger partial charge on any atom is -0.390 e. The predicted molar refractivity (Wildman–Crippen MR) is 54.9 cm³/mol. The molecule has 0 radical (unpaired) electrons. The summed E-state index contributed by atoms with van der Waals surface area (Å²) < 4.78 is 37.8. The van der Waals surface area contributed by atoms with E-state index in [9.17, 15) is 18.3 Å². The molecule has 0 bridgehead atoms. The predicted octanol–water partition coefficient (Wildman–Crippen LogP) is 3.66. The molecule has 2 aliphatic rings. The first kappa shape index (κ1) is 12.2. The summed E-state index contributed by atoms with van der Waals surface area (Å²) in [6.07, 6.45) is 0.882. The molecule has 0 aliphatic heterocycles. The van der Waals surface area contributed by atoms with Gasteiger partial charge in [0.05, 0.1) is 11.5 Å². The largest absolute Gasteiger partial charge is 0.391 e. The second kappa shape index (κ2) is 4.21. The second-order valence-corrected chi connectivity index (χ2v) is 5.54. The van der Waals surface area contributed by atoms with Gasteiger partial charge in [0.2, 0.25) is 0 Å². The smallest absolute Gasteiger partial charge is 0.390 e. The highest BCUT2D eigenvalue weighted by Gasteiger charge is 2.47. The topological polar surface area (TPSA) is 20.2 Å². The average molecular weight is 236 g/mol. The molecule has 2 saturated carbocycles. The molecular formula is C12H19F3O. The summed E-state index contributed by atoms with van der Waals surface area (Å²) in [5.41, 5.74) is -1.04. The van der Waals surface area contributed by atoms with Gasteiger partial charge in [-0.25, -0.2) is 0 Å². The van der Waals surface area contributed by atoms with E-state index in [0.717, 1.165) is 6.42 Å². The zero-order chi connectivity index (χ0) is 11.8. The summed E-state index contributed by atoms with van der Waals surface area (Å²) in [5.74, 6) is -0.610. The van der Waals surface area contributed by atoms with E-state index >= 15 is 0 Å². The normalized spacial score (nSPS) is 36.4. The lowest BCUT2D eigenvalue weighted by atomic mass is 9.75. The lowest BCUT2D eigenvalue weighted by Crippen LogP contribution is -2.40. The molecule has 0 aromatic rings. The molecule has 0 aromatic carbocycles. The van der Waals surface area contributed by atoms with E-state index in [4.69, 9.17) is 0 Å². The van der Waals surface area contributed by atoms with E-state index in [1.54, 1.807) is 0 Å². The summed E-state index contributed by atoms with van der Waals surface area (Å²) in [6.45, 7) is 0. The summed E-state index contributed by atoms with van der Waals surface area (Å²) >= 11 is 0. The van der Waals surface area contributed by atoms with Crippen LogP contribution in [0, 0.1) is 11.8 Å². The van der Waals surface area contributed by atoms with Gasteiger partial charge in [-0.2, -0.15) is 13.2 Å². The number of rotatable bonds is 3. The fraction of sp³-hybridized carbons (Fsp3) is 1.00. The van der Waals surface area contributed by atoms with E-state index in [1.807, 2.05) is 0 Å². The van der Waals surface area contributed by atoms with Gasteiger partial charge in [-0.1, -0.05) is 12.8 Å². The minimum absolute atomic E-state index is 0.0801. The quantitative estimate of drug-likeness (QED) is 0.792. The van der Waals surface area contributed by atoms with Crippen molar-refractivity contribution in [1.82, 2.24) is 0 Å². The molecule has 2 unspecified atom stereocenters. The molecule has 2 atom stereocenters. The molecule has 1 nitrogen and oxygen atoms in total. The molecule has 16 heavy (non-hydrogen) atoms. The summed E-state index contributed by atoms with van der Waals surface area (Å²) in [4.78, 5) is 0. The van der Waals surface area contributed by atoms with Crippen molar-refractivity contribution in [2.24, 2.45) is 11.8 Å². The Kier molecular flexibility index (Phi) is 3.21. The Morgan fingerprint density at radius 2 is 1.88 bits per heavy atom. The lowest BCUT2D eigenvalue weighted by molar-refractivity contribution is -0.201. The van der Waals surface area contributed by atoms with Gasteiger partial charge in [-0.3, -0.25) is 0 Å². The van der Waals surface area contributed by atoms with Crippen molar-refractivity contribution in [2.75, 3.05) is 0 Å². The maximum atomic E-state index is 12.6. The zero-order valence-electron chi connectivity index (χ0n) is 9.39. The monoisotopic (exact) mass is 236 g/mol. The van der Waals surface area contributed by atoms with Crippen LogP contribution in [0.2, 0.25) is 0 Å². The molecule has 2 fully saturated rings. The third kappa shape index (κ3) is 3.12. The van der Waals surface area contributed by atoms with Crippen molar-refractivity contribution < 1.29 is 18.3 Å². The molecule has 94 valence electrons. The molecule has 0 saturated heterocycles. The Morgan fingerprint density at radius 1 is 1.19 bits per heavy atom. The van der Waals surface area contributed by atoms with Crippen LogP contribution in [0.4, 0.5) is 13.2 Å². The van der Waals surface area contributed by atoms with Crippen LogP contribution in [0.1, 0.15) is 51.4 Å². The van der Waals surface area contributed by atoms with Crippen LogP contribution >= 0.6 is 0 Å². The summed E-state index contributed by atoms with van der Waals surface area (Å²) in [6, 6.07) is 0. The maximum Gasteiger partial charge on any atom is 0.391 e. The van der Waals surface area contributed by atoms with Crippen LogP contribution in [0.25, 0.3) is 0 Å². The number of hydrogen-bond donors (Lipinski definition) is 1. The van der Waals surface area contributed by atoms with Crippen LogP contribution in [-0.2, 0) is 0 Å². The van der Waals surface area contributed by atoms with Crippen LogP contribution < -0.4 is 0 Å². The Hall–Kier alpha value is -0.250. The molecule has 4 heteroatoms. The lowest BCUT2D eigenvalue weighted by Gasteiger charge is -2.37. The molecule has 2 aliphatic carbocycles. The van der Waals surface area contributed by atoms with Gasteiger partial charge in [-0.05, 0) is 44.4 Å². The van der Waals surface area contributed by atoms with Crippen molar-refractivity contribution in [3.05, 3.63) is 0 Å². The van der Waals surface area contributed by atoms with Crippen molar-refractivity contribution in [3.8, 4) is 0 Å². The zero-order valence-corrected chi connectivity index (χ0v) is 9.39. The molecule has 0 spiro atoms. The number of alkyl halides is 3. The highest BCUT2D eigenvalue weighted by atomic mass is 19.4. The van der Waals surface area contributed by atoms with Gasteiger partial charge in [0.25, 0.3) is 0 Å². The van der Waals surface area contributed by atoms with E-state index in [-0.39, 0.29) is 12.8 Å². The van der Waals surface area contributed by atoms with Crippen molar-refractivity contribution in [3.63, 3.8) is 0 Å². The first-order chi connectivity index (χ1) is 7.39. The van der Waals surface area contributed by atoms with Gasteiger partial charge in [0.1, 0.15) is 0 Å². The average Bonchev–Trinajstić information content (AvgIpc) is 2.97. The number of halogens is 3. The molecule has 2 rings (SSSR count). The number of hydrogen-bond acceptors (Lipinski definition) is 1. The van der Waals surface area contributed by atoms with E-state index < -0.39 is 17.7 Å².